The molecule has 0 saturated heterocycles. The number of benzene rings is 1. The van der Waals surface area contributed by atoms with E-state index in [2.05, 4.69) is 11.2 Å². The molecule has 1 unspecified atom stereocenters. The molecule has 2 heterocycles. The molecule has 0 spiro atoms. The lowest BCUT2D eigenvalue weighted by molar-refractivity contribution is 0.171. The van der Waals surface area contributed by atoms with Crippen LogP contribution >= 0.6 is 0 Å². The highest BCUT2D eigenvalue weighted by atomic mass is 16.6. The molecule has 106 valence electrons. The minimum absolute atomic E-state index is 0.108. The molecule has 1 aromatic heterocycles. The third-order valence-electron chi connectivity index (χ3n) is 3.60. The molecular weight excluding hydrogens is 254 g/mol. The van der Waals surface area contributed by atoms with Gasteiger partial charge in [-0.3, -0.25) is 4.68 Å². The first-order valence-electron chi connectivity index (χ1n) is 6.79. The number of hydrogen-bond acceptors (Lipinski definition) is 4. The Labute approximate surface area is 118 Å². The van der Waals surface area contributed by atoms with Crippen molar-refractivity contribution in [3.05, 3.63) is 41.2 Å². The number of aromatic nitrogens is 2. The average molecular weight is 273 g/mol. The number of nitrogens with two attached hydrogens (primary N) is 1. The van der Waals surface area contributed by atoms with E-state index in [9.17, 15) is 0 Å². The zero-order valence-corrected chi connectivity index (χ0v) is 11.8. The summed E-state index contributed by atoms with van der Waals surface area (Å²) in [5, 5.41) is 4.40. The maximum absolute atomic E-state index is 5.98. The number of nitrogens with zero attached hydrogens (tertiary/aromatic N) is 2. The molecule has 0 saturated carbocycles. The number of rotatable bonds is 3. The molecule has 1 atom stereocenters. The van der Waals surface area contributed by atoms with Crippen LogP contribution in [0.3, 0.4) is 0 Å². The van der Waals surface area contributed by atoms with Gasteiger partial charge >= 0.3 is 0 Å². The van der Waals surface area contributed by atoms with Crippen molar-refractivity contribution in [3.8, 4) is 11.5 Å². The zero-order valence-electron chi connectivity index (χ0n) is 11.8. The van der Waals surface area contributed by atoms with Gasteiger partial charge in [-0.05, 0) is 30.7 Å². The van der Waals surface area contributed by atoms with Crippen LogP contribution in [0, 0.1) is 6.92 Å². The second-order valence-electron chi connectivity index (χ2n) is 5.03. The normalized spacial score (nSPS) is 15.2. The van der Waals surface area contributed by atoms with Gasteiger partial charge in [-0.15, -0.1) is 0 Å². The van der Waals surface area contributed by atoms with Crippen LogP contribution in [0.15, 0.2) is 24.3 Å². The van der Waals surface area contributed by atoms with Gasteiger partial charge in [-0.25, -0.2) is 0 Å². The number of hydrogen-bond donors (Lipinski definition) is 1. The van der Waals surface area contributed by atoms with Crippen molar-refractivity contribution < 1.29 is 9.47 Å². The molecule has 1 aliphatic heterocycles. The van der Waals surface area contributed by atoms with Crippen LogP contribution < -0.4 is 15.2 Å². The lowest BCUT2D eigenvalue weighted by atomic mass is 9.95. The first-order valence-corrected chi connectivity index (χ1v) is 6.79. The van der Waals surface area contributed by atoms with Crippen LogP contribution in [-0.2, 0) is 7.05 Å². The van der Waals surface area contributed by atoms with Gasteiger partial charge in [0.2, 0.25) is 0 Å². The summed E-state index contributed by atoms with van der Waals surface area (Å²) in [6.07, 6.45) is 0. The molecule has 2 aromatic rings. The van der Waals surface area contributed by atoms with Crippen molar-refractivity contribution in [3.63, 3.8) is 0 Å². The molecule has 0 radical (unpaired) electrons. The van der Waals surface area contributed by atoms with Crippen LogP contribution in [0.2, 0.25) is 0 Å². The summed E-state index contributed by atoms with van der Waals surface area (Å²) in [6, 6.07) is 8.10. The van der Waals surface area contributed by atoms with Crippen molar-refractivity contribution in [2.45, 2.75) is 12.8 Å². The molecule has 5 heteroatoms. The molecule has 5 nitrogen and oxygen atoms in total. The lowest BCUT2D eigenvalue weighted by Crippen LogP contribution is -2.19. The Hall–Kier alpha value is -2.01. The Morgan fingerprint density at radius 2 is 2.00 bits per heavy atom. The highest BCUT2D eigenvalue weighted by molar-refractivity contribution is 5.46. The quantitative estimate of drug-likeness (QED) is 0.922. The number of fused-ring (bicyclic) bond motifs is 1. The van der Waals surface area contributed by atoms with E-state index in [1.165, 1.54) is 0 Å². The molecule has 2 N–H and O–H groups in total. The second-order valence-corrected chi connectivity index (χ2v) is 5.03. The van der Waals surface area contributed by atoms with Gasteiger partial charge in [0, 0.05) is 25.2 Å². The monoisotopic (exact) mass is 273 g/mol. The Balaban J connectivity index is 1.99. The Morgan fingerprint density at radius 3 is 2.65 bits per heavy atom. The van der Waals surface area contributed by atoms with Crippen LogP contribution in [0.25, 0.3) is 0 Å². The summed E-state index contributed by atoms with van der Waals surface area (Å²) < 4.78 is 13.1. The number of ether oxygens (including phenoxy) is 2. The van der Waals surface area contributed by atoms with Crippen molar-refractivity contribution in [1.82, 2.24) is 9.78 Å². The van der Waals surface area contributed by atoms with Crippen molar-refractivity contribution in [1.29, 1.82) is 0 Å². The van der Waals surface area contributed by atoms with E-state index in [0.717, 1.165) is 28.5 Å². The molecule has 20 heavy (non-hydrogen) atoms. The highest BCUT2D eigenvalue weighted by Crippen LogP contribution is 2.34. The highest BCUT2D eigenvalue weighted by Gasteiger charge is 2.20. The fourth-order valence-electron chi connectivity index (χ4n) is 2.66. The molecule has 1 aromatic carbocycles. The van der Waals surface area contributed by atoms with Crippen molar-refractivity contribution in [2.75, 3.05) is 19.8 Å². The first kappa shape index (κ1) is 13.0. The van der Waals surface area contributed by atoms with Gasteiger partial charge in [0.15, 0.2) is 11.5 Å². The summed E-state index contributed by atoms with van der Waals surface area (Å²) in [7, 11) is 1.95. The maximum Gasteiger partial charge on any atom is 0.161 e. The molecule has 0 bridgehead atoms. The van der Waals surface area contributed by atoms with E-state index in [0.29, 0.717) is 19.8 Å². The molecule has 0 aliphatic carbocycles. The Bertz CT molecular complexity index is 622. The largest absolute Gasteiger partial charge is 0.486 e. The van der Waals surface area contributed by atoms with E-state index in [1.54, 1.807) is 0 Å². The van der Waals surface area contributed by atoms with Crippen molar-refractivity contribution >= 4 is 0 Å². The maximum atomic E-state index is 5.98. The Morgan fingerprint density at radius 1 is 1.25 bits per heavy atom. The number of aryl methyl sites for hydroxylation is 2. The van der Waals surface area contributed by atoms with Gasteiger partial charge in [-0.2, -0.15) is 5.10 Å². The van der Waals surface area contributed by atoms with Gasteiger partial charge in [0.05, 0.1) is 5.69 Å². The van der Waals surface area contributed by atoms with E-state index in [-0.39, 0.29) is 5.92 Å². The van der Waals surface area contributed by atoms with E-state index in [1.807, 2.05) is 36.9 Å². The summed E-state index contributed by atoms with van der Waals surface area (Å²) in [5.41, 5.74) is 9.21. The second kappa shape index (κ2) is 5.17. The lowest BCUT2D eigenvalue weighted by Gasteiger charge is -2.21. The van der Waals surface area contributed by atoms with Gasteiger partial charge < -0.3 is 15.2 Å². The zero-order chi connectivity index (χ0) is 14.1. The standard InChI is InChI=1S/C15H19N3O2/c1-10-7-13(18(2)17-10)12(9-16)11-3-4-14-15(8-11)20-6-5-19-14/h3-4,7-8,12H,5-6,9,16H2,1-2H3. The van der Waals surface area contributed by atoms with E-state index in [4.69, 9.17) is 15.2 Å². The molecule has 3 rings (SSSR count). The molecule has 0 amide bonds. The first-order chi connectivity index (χ1) is 9.69. The minimum Gasteiger partial charge on any atom is -0.486 e. The van der Waals surface area contributed by atoms with Crippen LogP contribution in [0.4, 0.5) is 0 Å². The SMILES string of the molecule is Cc1cc(C(CN)c2ccc3c(c2)OCCO3)n(C)n1. The Kier molecular flexibility index (Phi) is 3.36. The molecular formula is C15H19N3O2. The molecule has 1 aliphatic rings. The third kappa shape index (κ3) is 2.25. The van der Waals surface area contributed by atoms with Gasteiger partial charge in [0.1, 0.15) is 13.2 Å². The van der Waals surface area contributed by atoms with Crippen molar-refractivity contribution in [2.24, 2.45) is 12.8 Å². The fourth-order valence-corrected chi connectivity index (χ4v) is 2.66. The predicted octanol–water partition coefficient (Wildman–Crippen LogP) is 1.59. The minimum atomic E-state index is 0.108. The van der Waals surface area contributed by atoms with E-state index >= 15 is 0 Å². The fraction of sp³-hybridized carbons (Fsp3) is 0.400. The summed E-state index contributed by atoms with van der Waals surface area (Å²) in [4.78, 5) is 0. The van der Waals surface area contributed by atoms with Crippen LogP contribution in [0.1, 0.15) is 22.9 Å². The van der Waals surface area contributed by atoms with Crippen LogP contribution in [-0.4, -0.2) is 29.5 Å². The van der Waals surface area contributed by atoms with Gasteiger partial charge in [-0.1, -0.05) is 6.07 Å². The smallest absolute Gasteiger partial charge is 0.161 e. The summed E-state index contributed by atoms with van der Waals surface area (Å²) in [5.74, 6) is 1.71. The topological polar surface area (TPSA) is 62.3 Å². The third-order valence-corrected chi connectivity index (χ3v) is 3.60. The molecule has 0 fully saturated rings. The van der Waals surface area contributed by atoms with E-state index < -0.39 is 0 Å². The van der Waals surface area contributed by atoms with Gasteiger partial charge in [0.25, 0.3) is 0 Å². The summed E-state index contributed by atoms with van der Waals surface area (Å²) in [6.45, 7) is 3.71. The predicted molar refractivity (Wildman–Crippen MR) is 76.3 cm³/mol. The van der Waals surface area contributed by atoms with Crippen LogP contribution in [0.5, 0.6) is 11.5 Å². The average Bonchev–Trinajstić information content (AvgIpc) is 2.78. The summed E-state index contributed by atoms with van der Waals surface area (Å²) >= 11 is 0.